The topological polar surface area (TPSA) is 87.2 Å². The number of ether oxygens (including phenoxy) is 1. The Morgan fingerprint density at radius 3 is 2.38 bits per heavy atom. The zero-order valence-electron chi connectivity index (χ0n) is 14.5. The quantitative estimate of drug-likeness (QED) is 0.792. The standard InChI is InChI=1S/C17H26N2O5/c1-17(2,3)24-16(23)19-9-12(10-19)6-7-14(20)18-8-4-5-13(11-18)15(21)22/h6-7,12-13H,4-5,8-11H2,1-3H3,(H,21,22)/b7-6+/t13-/m1/s1. The van der Waals surface area contributed by atoms with Crippen molar-refractivity contribution in [3.05, 3.63) is 12.2 Å². The molecule has 2 heterocycles. The van der Waals surface area contributed by atoms with Gasteiger partial charge in [-0.25, -0.2) is 4.79 Å². The van der Waals surface area contributed by atoms with E-state index in [-0.39, 0.29) is 24.5 Å². The molecule has 1 atom stereocenters. The van der Waals surface area contributed by atoms with Gasteiger partial charge in [-0.1, -0.05) is 6.08 Å². The van der Waals surface area contributed by atoms with E-state index in [9.17, 15) is 14.4 Å². The molecule has 0 unspecified atom stereocenters. The lowest BCUT2D eigenvalue weighted by Gasteiger charge is -2.38. The molecule has 0 spiro atoms. The van der Waals surface area contributed by atoms with E-state index >= 15 is 0 Å². The summed E-state index contributed by atoms with van der Waals surface area (Å²) in [5.74, 6) is -1.33. The lowest BCUT2D eigenvalue weighted by atomic mass is 9.97. The maximum Gasteiger partial charge on any atom is 0.410 e. The van der Waals surface area contributed by atoms with Crippen LogP contribution in [0.25, 0.3) is 0 Å². The number of hydrogen-bond donors (Lipinski definition) is 1. The van der Waals surface area contributed by atoms with Gasteiger partial charge in [0.15, 0.2) is 0 Å². The average molecular weight is 338 g/mol. The number of likely N-dealkylation sites (tertiary alicyclic amines) is 2. The van der Waals surface area contributed by atoms with Crippen molar-refractivity contribution in [1.29, 1.82) is 0 Å². The minimum atomic E-state index is -0.844. The summed E-state index contributed by atoms with van der Waals surface area (Å²) in [6.07, 6.45) is 4.30. The molecule has 0 bridgehead atoms. The second-order valence-corrected chi connectivity index (χ2v) is 7.47. The maximum absolute atomic E-state index is 12.2. The number of aliphatic carboxylic acids is 1. The molecule has 7 nitrogen and oxygen atoms in total. The summed E-state index contributed by atoms with van der Waals surface area (Å²) in [7, 11) is 0. The molecule has 2 rings (SSSR count). The minimum Gasteiger partial charge on any atom is -0.481 e. The number of rotatable bonds is 3. The fourth-order valence-corrected chi connectivity index (χ4v) is 2.81. The third kappa shape index (κ3) is 4.97. The smallest absolute Gasteiger partial charge is 0.410 e. The Labute approximate surface area is 142 Å². The van der Waals surface area contributed by atoms with E-state index in [4.69, 9.17) is 9.84 Å². The number of piperidine rings is 1. The largest absolute Gasteiger partial charge is 0.481 e. The zero-order chi connectivity index (χ0) is 17.9. The first kappa shape index (κ1) is 18.3. The van der Waals surface area contributed by atoms with Crippen LogP contribution in [0.3, 0.4) is 0 Å². The first-order chi connectivity index (χ1) is 11.2. The Balaban J connectivity index is 1.76. The number of carbonyl (C=O) groups is 3. The second kappa shape index (κ2) is 7.23. The van der Waals surface area contributed by atoms with Gasteiger partial charge in [-0.2, -0.15) is 0 Å². The Kier molecular flexibility index (Phi) is 5.51. The number of hydrogen-bond acceptors (Lipinski definition) is 4. The maximum atomic E-state index is 12.2. The third-order valence-electron chi connectivity index (χ3n) is 4.15. The van der Waals surface area contributed by atoms with Crippen molar-refractivity contribution in [2.24, 2.45) is 11.8 Å². The van der Waals surface area contributed by atoms with Crippen LogP contribution in [-0.2, 0) is 14.3 Å². The molecule has 1 N–H and O–H groups in total. The Morgan fingerprint density at radius 1 is 1.12 bits per heavy atom. The van der Waals surface area contributed by atoms with Crippen molar-refractivity contribution in [1.82, 2.24) is 9.80 Å². The highest BCUT2D eigenvalue weighted by Gasteiger charge is 2.32. The molecule has 0 aliphatic carbocycles. The Morgan fingerprint density at radius 2 is 1.79 bits per heavy atom. The van der Waals surface area contributed by atoms with Crippen molar-refractivity contribution in [3.63, 3.8) is 0 Å². The van der Waals surface area contributed by atoms with Gasteiger partial charge in [0.05, 0.1) is 5.92 Å². The van der Waals surface area contributed by atoms with Gasteiger partial charge in [0.25, 0.3) is 0 Å². The number of nitrogens with zero attached hydrogens (tertiary/aromatic N) is 2. The molecule has 2 fully saturated rings. The van der Waals surface area contributed by atoms with E-state index in [1.165, 1.54) is 6.08 Å². The van der Waals surface area contributed by atoms with Gasteiger partial charge in [-0.05, 0) is 39.7 Å². The molecule has 2 amide bonds. The van der Waals surface area contributed by atoms with Crippen molar-refractivity contribution in [3.8, 4) is 0 Å². The van der Waals surface area contributed by atoms with Gasteiger partial charge in [-0.3, -0.25) is 9.59 Å². The molecule has 0 radical (unpaired) electrons. The van der Waals surface area contributed by atoms with Crippen LogP contribution >= 0.6 is 0 Å². The molecule has 0 saturated carbocycles. The summed E-state index contributed by atoms with van der Waals surface area (Å²) in [6.45, 7) is 7.42. The number of carboxylic acids is 1. The third-order valence-corrected chi connectivity index (χ3v) is 4.15. The average Bonchev–Trinajstić information content (AvgIpc) is 2.43. The van der Waals surface area contributed by atoms with Gasteiger partial charge < -0.3 is 19.6 Å². The van der Waals surface area contributed by atoms with Crippen molar-refractivity contribution >= 4 is 18.0 Å². The summed E-state index contributed by atoms with van der Waals surface area (Å²) in [4.78, 5) is 38.2. The predicted molar refractivity (Wildman–Crippen MR) is 87.4 cm³/mol. The fraction of sp³-hybridized carbons (Fsp3) is 0.706. The Bertz CT molecular complexity index is 532. The first-order valence-corrected chi connectivity index (χ1v) is 8.33. The van der Waals surface area contributed by atoms with Crippen LogP contribution in [0.2, 0.25) is 0 Å². The molecule has 24 heavy (non-hydrogen) atoms. The SMILES string of the molecule is CC(C)(C)OC(=O)N1CC(/C=C/C(=O)N2CCC[C@@H](C(=O)O)C2)C1. The monoisotopic (exact) mass is 338 g/mol. The van der Waals surface area contributed by atoms with E-state index in [2.05, 4.69) is 0 Å². The molecule has 2 aliphatic heterocycles. The lowest BCUT2D eigenvalue weighted by Crippen LogP contribution is -2.51. The van der Waals surface area contributed by atoms with Crippen molar-refractivity contribution in [2.45, 2.75) is 39.2 Å². The highest BCUT2D eigenvalue weighted by atomic mass is 16.6. The number of carboxylic acid groups (broad SMARTS) is 1. The van der Waals surface area contributed by atoms with Gasteiger partial charge in [0, 0.05) is 32.1 Å². The van der Waals surface area contributed by atoms with Crippen LogP contribution in [0.15, 0.2) is 12.2 Å². The summed E-state index contributed by atoms with van der Waals surface area (Å²) < 4.78 is 5.28. The van der Waals surface area contributed by atoms with Gasteiger partial charge in [0.1, 0.15) is 5.60 Å². The van der Waals surface area contributed by atoms with Gasteiger partial charge in [-0.15, -0.1) is 0 Å². The summed E-state index contributed by atoms with van der Waals surface area (Å²) in [5, 5.41) is 9.06. The van der Waals surface area contributed by atoms with Crippen molar-refractivity contribution in [2.75, 3.05) is 26.2 Å². The molecule has 7 heteroatoms. The van der Waals surface area contributed by atoms with Crippen LogP contribution in [-0.4, -0.2) is 64.7 Å². The molecular weight excluding hydrogens is 312 g/mol. The predicted octanol–water partition coefficient (Wildman–Crippen LogP) is 1.73. The summed E-state index contributed by atoms with van der Waals surface area (Å²) in [6, 6.07) is 0. The van der Waals surface area contributed by atoms with Crippen LogP contribution in [0.4, 0.5) is 4.79 Å². The molecular formula is C17H26N2O5. The van der Waals surface area contributed by atoms with Crippen molar-refractivity contribution < 1.29 is 24.2 Å². The normalized spacial score (nSPS) is 22.4. The first-order valence-electron chi connectivity index (χ1n) is 8.33. The van der Waals surface area contributed by atoms with E-state index in [0.29, 0.717) is 32.5 Å². The zero-order valence-corrected chi connectivity index (χ0v) is 14.5. The van der Waals surface area contributed by atoms with Crippen LogP contribution in [0, 0.1) is 11.8 Å². The molecule has 0 aromatic carbocycles. The Hall–Kier alpha value is -2.05. The highest BCUT2D eigenvalue weighted by molar-refractivity contribution is 5.88. The summed E-state index contributed by atoms with van der Waals surface area (Å²) in [5.41, 5.74) is -0.511. The van der Waals surface area contributed by atoms with E-state index in [0.717, 1.165) is 0 Å². The molecule has 2 saturated heterocycles. The number of carbonyl (C=O) groups excluding carboxylic acids is 2. The van der Waals surface area contributed by atoms with Crippen LogP contribution < -0.4 is 0 Å². The lowest BCUT2D eigenvalue weighted by molar-refractivity contribution is -0.144. The fourth-order valence-electron chi connectivity index (χ4n) is 2.81. The highest BCUT2D eigenvalue weighted by Crippen LogP contribution is 2.21. The van der Waals surface area contributed by atoms with E-state index < -0.39 is 17.5 Å². The number of amides is 2. The minimum absolute atomic E-state index is 0.140. The molecule has 0 aromatic heterocycles. The van der Waals surface area contributed by atoms with E-state index in [1.807, 2.05) is 20.8 Å². The second-order valence-electron chi connectivity index (χ2n) is 7.47. The summed E-state index contributed by atoms with van der Waals surface area (Å²) >= 11 is 0. The van der Waals surface area contributed by atoms with Gasteiger partial charge in [0.2, 0.25) is 5.91 Å². The van der Waals surface area contributed by atoms with Crippen LogP contribution in [0.1, 0.15) is 33.6 Å². The van der Waals surface area contributed by atoms with E-state index in [1.54, 1.807) is 15.9 Å². The molecule has 134 valence electrons. The molecule has 0 aromatic rings. The van der Waals surface area contributed by atoms with Crippen LogP contribution in [0.5, 0.6) is 0 Å². The van der Waals surface area contributed by atoms with Gasteiger partial charge >= 0.3 is 12.1 Å². The molecule has 2 aliphatic rings.